The van der Waals surface area contributed by atoms with Crippen LogP contribution in [0, 0.1) is 11.8 Å². The van der Waals surface area contributed by atoms with E-state index >= 15 is 0 Å². The zero-order valence-corrected chi connectivity index (χ0v) is 17.8. The highest BCUT2D eigenvalue weighted by molar-refractivity contribution is 5.89. The first-order chi connectivity index (χ1) is 13.2. The number of carbonyl (C=O) groups excluding carboxylic acids is 2. The Morgan fingerprint density at radius 1 is 0.966 bits per heavy atom. The molecule has 0 aliphatic carbocycles. The van der Waals surface area contributed by atoms with Crippen LogP contribution in [-0.2, 0) is 9.59 Å². The molecule has 0 aromatic rings. The average molecular weight is 419 g/mol. The summed E-state index contributed by atoms with van der Waals surface area (Å²) in [5.74, 6) is -4.11. The second-order valence-corrected chi connectivity index (χ2v) is 8.12. The van der Waals surface area contributed by atoms with Gasteiger partial charge in [0.1, 0.15) is 12.1 Å². The molecule has 0 fully saturated rings. The Hall–Kier alpha value is -1.95. The summed E-state index contributed by atoms with van der Waals surface area (Å²) in [6, 6.07) is -3.11. The van der Waals surface area contributed by atoms with Gasteiger partial charge in [0, 0.05) is 6.54 Å². The number of hydrogen-bond acceptors (Lipinski definition) is 7. The van der Waals surface area contributed by atoms with Crippen LogP contribution >= 0.6 is 0 Å². The number of rotatable bonds is 13. The summed E-state index contributed by atoms with van der Waals surface area (Å²) < 4.78 is 0. The molecule has 2 amide bonds. The molecule has 0 unspecified atom stereocenters. The number of amides is 2. The molecule has 0 saturated carbocycles. The molecule has 0 spiro atoms. The Kier molecular flexibility index (Phi) is 11.7. The van der Waals surface area contributed by atoms with Crippen molar-refractivity contribution in [3.8, 4) is 0 Å². The number of hydrogen-bond donors (Lipinski definition) is 8. The second-order valence-electron chi connectivity index (χ2n) is 8.12. The molecule has 11 N–H and O–H groups in total. The van der Waals surface area contributed by atoms with Gasteiger partial charge in [-0.15, -0.1) is 0 Å². The van der Waals surface area contributed by atoms with Crippen molar-refractivity contribution in [3.05, 3.63) is 0 Å². The van der Waals surface area contributed by atoms with Crippen molar-refractivity contribution < 1.29 is 24.9 Å². The highest BCUT2D eigenvalue weighted by Gasteiger charge is 2.35. The van der Waals surface area contributed by atoms with Gasteiger partial charge in [-0.05, 0) is 37.5 Å². The van der Waals surface area contributed by atoms with Crippen molar-refractivity contribution in [3.63, 3.8) is 0 Å². The van der Waals surface area contributed by atoms with E-state index in [1.165, 1.54) is 0 Å². The van der Waals surface area contributed by atoms with Crippen LogP contribution in [0.25, 0.3) is 0 Å². The SMILES string of the molecule is CC(C)C[C@H](NC(=O)[C@@H](N)CC(C)C)C(=O)N[C@@H](CCCN=C(N)N)C(O)(O)O. The topological polar surface area (TPSA) is 209 Å². The van der Waals surface area contributed by atoms with Crippen LogP contribution < -0.4 is 27.8 Å². The molecule has 29 heavy (non-hydrogen) atoms. The highest BCUT2D eigenvalue weighted by atomic mass is 16.7. The van der Waals surface area contributed by atoms with Crippen LogP contribution in [0.15, 0.2) is 4.99 Å². The largest absolute Gasteiger partial charge is 0.370 e. The summed E-state index contributed by atoms with van der Waals surface area (Å²) in [7, 11) is 0. The summed E-state index contributed by atoms with van der Waals surface area (Å²) in [5.41, 5.74) is 16.3. The van der Waals surface area contributed by atoms with E-state index in [0.717, 1.165) is 0 Å². The molecular formula is C18H38N6O5. The van der Waals surface area contributed by atoms with Gasteiger partial charge < -0.3 is 43.2 Å². The quantitative estimate of drug-likeness (QED) is 0.0728. The van der Waals surface area contributed by atoms with E-state index in [9.17, 15) is 24.9 Å². The molecule has 0 bridgehead atoms. The van der Waals surface area contributed by atoms with Crippen LogP contribution in [0.1, 0.15) is 53.4 Å². The summed E-state index contributed by atoms with van der Waals surface area (Å²) in [5, 5.41) is 33.7. The van der Waals surface area contributed by atoms with Crippen molar-refractivity contribution in [2.75, 3.05) is 6.54 Å². The number of aliphatic imine (C=N–C) groups is 1. The first-order valence-corrected chi connectivity index (χ1v) is 9.82. The smallest absolute Gasteiger partial charge is 0.296 e. The number of nitrogens with zero attached hydrogens (tertiary/aromatic N) is 1. The predicted octanol–water partition coefficient (Wildman–Crippen LogP) is -1.94. The second kappa shape index (κ2) is 12.6. The van der Waals surface area contributed by atoms with Crippen molar-refractivity contribution >= 4 is 17.8 Å². The number of guanidine groups is 1. The summed E-state index contributed by atoms with van der Waals surface area (Å²) in [4.78, 5) is 28.8. The van der Waals surface area contributed by atoms with Crippen LogP contribution in [0.2, 0.25) is 0 Å². The fourth-order valence-electron chi connectivity index (χ4n) is 2.74. The average Bonchev–Trinajstić information content (AvgIpc) is 2.54. The van der Waals surface area contributed by atoms with E-state index in [1.807, 2.05) is 27.7 Å². The zero-order chi connectivity index (χ0) is 22.8. The van der Waals surface area contributed by atoms with Crippen LogP contribution in [-0.4, -0.2) is 63.7 Å². The van der Waals surface area contributed by atoms with E-state index in [0.29, 0.717) is 12.8 Å². The molecule has 0 aromatic heterocycles. The number of carbonyl (C=O) groups is 2. The van der Waals surface area contributed by atoms with E-state index < -0.39 is 35.9 Å². The van der Waals surface area contributed by atoms with E-state index in [-0.39, 0.29) is 37.2 Å². The van der Waals surface area contributed by atoms with Crippen LogP contribution in [0.3, 0.4) is 0 Å². The van der Waals surface area contributed by atoms with E-state index in [2.05, 4.69) is 15.6 Å². The maximum Gasteiger partial charge on any atom is 0.296 e. The van der Waals surface area contributed by atoms with Gasteiger partial charge in [0.25, 0.3) is 5.97 Å². The molecule has 0 aromatic carbocycles. The Morgan fingerprint density at radius 2 is 1.52 bits per heavy atom. The lowest BCUT2D eigenvalue weighted by molar-refractivity contribution is -0.327. The first-order valence-electron chi connectivity index (χ1n) is 9.82. The summed E-state index contributed by atoms with van der Waals surface area (Å²) >= 11 is 0. The first kappa shape index (κ1) is 27.0. The Bertz CT molecular complexity index is 543. The number of aliphatic hydroxyl groups is 3. The van der Waals surface area contributed by atoms with Crippen LogP contribution in [0.4, 0.5) is 0 Å². The van der Waals surface area contributed by atoms with Gasteiger partial charge >= 0.3 is 0 Å². The van der Waals surface area contributed by atoms with Crippen molar-refractivity contribution in [2.24, 2.45) is 34.0 Å². The summed E-state index contributed by atoms with van der Waals surface area (Å²) in [6.07, 6.45) is 1.03. The molecular weight excluding hydrogens is 380 g/mol. The van der Waals surface area contributed by atoms with E-state index in [4.69, 9.17) is 17.2 Å². The molecule has 0 aliphatic rings. The van der Waals surface area contributed by atoms with Gasteiger partial charge in [-0.1, -0.05) is 27.7 Å². The fourth-order valence-corrected chi connectivity index (χ4v) is 2.74. The number of nitrogens with two attached hydrogens (primary N) is 3. The molecule has 0 saturated heterocycles. The third kappa shape index (κ3) is 12.3. The molecule has 0 radical (unpaired) electrons. The van der Waals surface area contributed by atoms with Crippen molar-refractivity contribution in [2.45, 2.75) is 77.5 Å². The minimum Gasteiger partial charge on any atom is -0.370 e. The lowest BCUT2D eigenvalue weighted by atomic mass is 10.00. The predicted molar refractivity (Wildman–Crippen MR) is 110 cm³/mol. The lowest BCUT2D eigenvalue weighted by Crippen LogP contribution is -2.58. The molecule has 11 nitrogen and oxygen atoms in total. The van der Waals surface area contributed by atoms with Gasteiger partial charge in [-0.3, -0.25) is 14.6 Å². The van der Waals surface area contributed by atoms with Crippen molar-refractivity contribution in [1.82, 2.24) is 10.6 Å². The minimum absolute atomic E-state index is 0.0127. The van der Waals surface area contributed by atoms with Crippen LogP contribution in [0.5, 0.6) is 0 Å². The molecule has 0 rings (SSSR count). The maximum absolute atomic E-state index is 12.7. The third-order valence-corrected chi connectivity index (χ3v) is 4.13. The van der Waals surface area contributed by atoms with Gasteiger partial charge in [0.2, 0.25) is 11.8 Å². The summed E-state index contributed by atoms with van der Waals surface area (Å²) in [6.45, 7) is 7.80. The van der Waals surface area contributed by atoms with Gasteiger partial charge in [0.05, 0.1) is 6.04 Å². The molecule has 0 aliphatic heterocycles. The standard InChI is InChI=1S/C18H38N6O5/c1-10(2)8-12(19)15(25)23-13(9-11(3)4)16(26)24-14(18(27,28)29)6-5-7-22-17(20)21/h10-14,27-29H,5-9,19H2,1-4H3,(H,23,25)(H,24,26)(H4,20,21,22)/t12-,13-,14-/m0/s1. The third-order valence-electron chi connectivity index (χ3n) is 4.13. The fraction of sp³-hybridized carbons (Fsp3) is 0.833. The minimum atomic E-state index is -3.14. The number of nitrogens with one attached hydrogen (secondary N) is 2. The molecule has 3 atom stereocenters. The Balaban J connectivity index is 5.13. The Labute approximate surface area is 172 Å². The lowest BCUT2D eigenvalue weighted by Gasteiger charge is -2.29. The van der Waals surface area contributed by atoms with E-state index in [1.54, 1.807) is 0 Å². The van der Waals surface area contributed by atoms with Gasteiger partial charge in [0.15, 0.2) is 5.96 Å². The normalized spacial score (nSPS) is 15.0. The van der Waals surface area contributed by atoms with Gasteiger partial charge in [-0.25, -0.2) is 0 Å². The molecule has 11 heteroatoms. The highest BCUT2D eigenvalue weighted by Crippen LogP contribution is 2.12. The Morgan fingerprint density at radius 3 is 1.97 bits per heavy atom. The zero-order valence-electron chi connectivity index (χ0n) is 17.8. The molecule has 170 valence electrons. The molecule has 0 heterocycles. The van der Waals surface area contributed by atoms with Crippen molar-refractivity contribution in [1.29, 1.82) is 0 Å². The maximum atomic E-state index is 12.7. The monoisotopic (exact) mass is 418 g/mol. The van der Waals surface area contributed by atoms with Gasteiger partial charge in [-0.2, -0.15) is 0 Å².